The van der Waals surface area contributed by atoms with Crippen molar-refractivity contribution in [2.45, 2.75) is 26.8 Å². The first-order valence-corrected chi connectivity index (χ1v) is 5.33. The maximum atomic E-state index is 4.46. The molecule has 1 aliphatic rings. The van der Waals surface area contributed by atoms with Gasteiger partial charge in [0, 0.05) is 25.7 Å². The summed E-state index contributed by atoms with van der Waals surface area (Å²) in [6, 6.07) is 0.490. The molecule has 1 aromatic rings. The van der Waals surface area contributed by atoms with Crippen LogP contribution >= 0.6 is 0 Å². The lowest BCUT2D eigenvalue weighted by Gasteiger charge is -2.31. The molecule has 1 N–H and O–H groups in total. The number of rotatable bonds is 1. The van der Waals surface area contributed by atoms with E-state index in [0.717, 1.165) is 37.0 Å². The highest BCUT2D eigenvalue weighted by atomic mass is 15.3. The van der Waals surface area contributed by atoms with Crippen LogP contribution in [-0.4, -0.2) is 40.9 Å². The molecular weight excluding hydrogens is 190 g/mol. The maximum Gasteiger partial charge on any atom is 0.245 e. The van der Waals surface area contributed by atoms with Crippen molar-refractivity contribution in [1.29, 1.82) is 0 Å². The van der Waals surface area contributed by atoms with E-state index >= 15 is 0 Å². The summed E-state index contributed by atoms with van der Waals surface area (Å²) in [4.78, 5) is 6.64. The molecule has 5 nitrogen and oxygen atoms in total. The second kappa shape index (κ2) is 4.10. The van der Waals surface area contributed by atoms with Gasteiger partial charge in [0.2, 0.25) is 5.95 Å². The smallest absolute Gasteiger partial charge is 0.245 e. The van der Waals surface area contributed by atoms with Gasteiger partial charge in [-0.25, -0.2) is 4.98 Å². The van der Waals surface area contributed by atoms with Crippen LogP contribution in [0, 0.1) is 13.8 Å². The van der Waals surface area contributed by atoms with Crippen LogP contribution in [0.15, 0.2) is 0 Å². The van der Waals surface area contributed by atoms with E-state index in [1.165, 1.54) is 0 Å². The summed E-state index contributed by atoms with van der Waals surface area (Å²) in [7, 11) is 0. The van der Waals surface area contributed by atoms with Crippen molar-refractivity contribution in [2.75, 3.05) is 24.5 Å². The first-order chi connectivity index (χ1) is 7.16. The Balaban J connectivity index is 2.18. The molecule has 0 aromatic carbocycles. The van der Waals surface area contributed by atoms with Gasteiger partial charge in [0.1, 0.15) is 0 Å². The number of hydrogen-bond acceptors (Lipinski definition) is 5. The highest BCUT2D eigenvalue weighted by Gasteiger charge is 2.18. The van der Waals surface area contributed by atoms with E-state index in [1.54, 1.807) is 0 Å². The molecule has 0 amide bonds. The van der Waals surface area contributed by atoms with Crippen molar-refractivity contribution in [3.8, 4) is 0 Å². The fourth-order valence-electron chi connectivity index (χ4n) is 1.69. The molecular formula is C10H17N5. The number of nitrogens with zero attached hydrogens (tertiary/aromatic N) is 4. The van der Waals surface area contributed by atoms with Crippen molar-refractivity contribution in [3.05, 3.63) is 11.4 Å². The molecule has 1 atom stereocenters. The highest BCUT2D eigenvalue weighted by molar-refractivity contribution is 5.31. The van der Waals surface area contributed by atoms with Gasteiger partial charge in [0.05, 0.1) is 11.4 Å². The maximum absolute atomic E-state index is 4.46. The van der Waals surface area contributed by atoms with Gasteiger partial charge in [0.15, 0.2) is 0 Å². The van der Waals surface area contributed by atoms with Gasteiger partial charge in [-0.2, -0.15) is 5.10 Å². The fourth-order valence-corrected chi connectivity index (χ4v) is 1.69. The van der Waals surface area contributed by atoms with Crippen LogP contribution in [0.2, 0.25) is 0 Å². The Bertz CT molecular complexity index is 352. The molecule has 2 rings (SSSR count). The standard InChI is InChI=1S/C10H17N5/c1-7-6-15(5-4-11-7)10-12-8(2)9(3)13-14-10/h7,11H,4-6H2,1-3H3/t7-/m1/s1. The number of aromatic nitrogens is 3. The predicted octanol–water partition coefficient (Wildman–Crippen LogP) is 0.287. The van der Waals surface area contributed by atoms with Crippen LogP contribution in [0.5, 0.6) is 0 Å². The van der Waals surface area contributed by atoms with E-state index in [2.05, 4.69) is 32.3 Å². The van der Waals surface area contributed by atoms with Crippen LogP contribution in [0.3, 0.4) is 0 Å². The first-order valence-electron chi connectivity index (χ1n) is 5.33. The zero-order valence-corrected chi connectivity index (χ0v) is 9.49. The molecule has 1 fully saturated rings. The average molecular weight is 207 g/mol. The SMILES string of the molecule is Cc1nnc(N2CCN[C@H](C)C2)nc1C. The molecule has 5 heteroatoms. The van der Waals surface area contributed by atoms with Gasteiger partial charge >= 0.3 is 0 Å². The summed E-state index contributed by atoms with van der Waals surface area (Å²) in [6.45, 7) is 8.95. The van der Waals surface area contributed by atoms with Gasteiger partial charge < -0.3 is 10.2 Å². The number of aryl methyl sites for hydroxylation is 2. The molecule has 0 spiro atoms. The molecule has 0 bridgehead atoms. The first kappa shape index (κ1) is 10.3. The molecule has 0 radical (unpaired) electrons. The van der Waals surface area contributed by atoms with Crippen LogP contribution < -0.4 is 10.2 Å². The monoisotopic (exact) mass is 207 g/mol. The molecule has 0 saturated carbocycles. The third-order valence-electron chi connectivity index (χ3n) is 2.73. The Morgan fingerprint density at radius 2 is 2.07 bits per heavy atom. The Morgan fingerprint density at radius 3 is 2.73 bits per heavy atom. The van der Waals surface area contributed by atoms with E-state index in [4.69, 9.17) is 0 Å². The number of hydrogen-bond donors (Lipinski definition) is 1. The number of piperazine rings is 1. The van der Waals surface area contributed by atoms with E-state index in [1.807, 2.05) is 13.8 Å². The minimum absolute atomic E-state index is 0.490. The summed E-state index contributed by atoms with van der Waals surface area (Å²) < 4.78 is 0. The summed E-state index contributed by atoms with van der Waals surface area (Å²) in [5.41, 5.74) is 1.87. The molecule has 1 aromatic heterocycles. The van der Waals surface area contributed by atoms with Crippen molar-refractivity contribution >= 4 is 5.95 Å². The molecule has 82 valence electrons. The van der Waals surface area contributed by atoms with Gasteiger partial charge in [0.25, 0.3) is 0 Å². The Kier molecular flexibility index (Phi) is 2.81. The quantitative estimate of drug-likeness (QED) is 0.717. The van der Waals surface area contributed by atoms with Crippen LogP contribution in [0.4, 0.5) is 5.95 Å². The third kappa shape index (κ3) is 2.23. The molecule has 0 aliphatic carbocycles. The lowest BCUT2D eigenvalue weighted by atomic mass is 10.2. The topological polar surface area (TPSA) is 53.9 Å². The van der Waals surface area contributed by atoms with Crippen LogP contribution in [0.1, 0.15) is 18.3 Å². The van der Waals surface area contributed by atoms with Crippen molar-refractivity contribution in [3.63, 3.8) is 0 Å². The highest BCUT2D eigenvalue weighted by Crippen LogP contribution is 2.10. The normalized spacial score (nSPS) is 21.8. The van der Waals surface area contributed by atoms with Crippen LogP contribution in [0.25, 0.3) is 0 Å². The zero-order valence-electron chi connectivity index (χ0n) is 9.49. The second-order valence-corrected chi connectivity index (χ2v) is 4.08. The summed E-state index contributed by atoms with van der Waals surface area (Å²) in [6.07, 6.45) is 0. The Hall–Kier alpha value is -1.23. The van der Waals surface area contributed by atoms with E-state index in [9.17, 15) is 0 Å². The van der Waals surface area contributed by atoms with Gasteiger partial charge in [-0.05, 0) is 20.8 Å². The zero-order chi connectivity index (χ0) is 10.8. The summed E-state index contributed by atoms with van der Waals surface area (Å²) in [5, 5.41) is 11.6. The average Bonchev–Trinajstić information content (AvgIpc) is 2.22. The van der Waals surface area contributed by atoms with E-state index in [-0.39, 0.29) is 0 Å². The van der Waals surface area contributed by atoms with Crippen molar-refractivity contribution < 1.29 is 0 Å². The van der Waals surface area contributed by atoms with Crippen LogP contribution in [-0.2, 0) is 0 Å². The van der Waals surface area contributed by atoms with E-state index < -0.39 is 0 Å². The number of nitrogens with one attached hydrogen (secondary N) is 1. The molecule has 15 heavy (non-hydrogen) atoms. The van der Waals surface area contributed by atoms with E-state index in [0.29, 0.717) is 6.04 Å². The molecule has 0 unspecified atom stereocenters. The molecule has 2 heterocycles. The molecule has 1 saturated heterocycles. The third-order valence-corrected chi connectivity index (χ3v) is 2.73. The van der Waals surface area contributed by atoms with Crippen molar-refractivity contribution in [1.82, 2.24) is 20.5 Å². The summed E-state index contributed by atoms with van der Waals surface area (Å²) in [5.74, 6) is 0.756. The van der Waals surface area contributed by atoms with Gasteiger partial charge in [-0.1, -0.05) is 0 Å². The minimum Gasteiger partial charge on any atom is -0.337 e. The molecule has 1 aliphatic heterocycles. The minimum atomic E-state index is 0.490. The predicted molar refractivity (Wildman–Crippen MR) is 59.0 cm³/mol. The lowest BCUT2D eigenvalue weighted by molar-refractivity contribution is 0.477. The summed E-state index contributed by atoms with van der Waals surface area (Å²) >= 11 is 0. The fraction of sp³-hybridized carbons (Fsp3) is 0.700. The van der Waals surface area contributed by atoms with Crippen molar-refractivity contribution in [2.24, 2.45) is 0 Å². The lowest BCUT2D eigenvalue weighted by Crippen LogP contribution is -2.50. The Labute approximate surface area is 89.9 Å². The van der Waals surface area contributed by atoms with Gasteiger partial charge in [-0.3, -0.25) is 0 Å². The second-order valence-electron chi connectivity index (χ2n) is 4.08. The number of anilines is 1. The Morgan fingerprint density at radius 1 is 1.27 bits per heavy atom. The van der Waals surface area contributed by atoms with Gasteiger partial charge in [-0.15, -0.1) is 5.10 Å². The largest absolute Gasteiger partial charge is 0.337 e.